The monoisotopic (exact) mass is 181 g/mol. The lowest BCUT2D eigenvalue weighted by atomic mass is 10.1. The van der Waals surface area contributed by atoms with Crippen molar-refractivity contribution in [2.75, 3.05) is 6.54 Å². The Bertz CT molecular complexity index is 252. The molecule has 74 valence electrons. The topological polar surface area (TPSA) is 43.8 Å². The summed E-state index contributed by atoms with van der Waals surface area (Å²) in [5.41, 5.74) is 6.84. The van der Waals surface area contributed by atoms with Crippen molar-refractivity contribution in [1.82, 2.24) is 9.78 Å². The van der Waals surface area contributed by atoms with Crippen LogP contribution in [0.3, 0.4) is 0 Å². The second-order valence-electron chi connectivity index (χ2n) is 3.99. The van der Waals surface area contributed by atoms with Crippen LogP contribution in [0.15, 0.2) is 12.4 Å². The maximum Gasteiger partial charge on any atom is 0.0524 e. The average molecular weight is 181 g/mol. The molecule has 1 heterocycles. The minimum atomic E-state index is 0.500. The van der Waals surface area contributed by atoms with Gasteiger partial charge in [-0.25, -0.2) is 0 Å². The van der Waals surface area contributed by atoms with Crippen molar-refractivity contribution in [2.45, 2.75) is 33.2 Å². The molecule has 1 aromatic rings. The third-order valence-electron chi connectivity index (χ3n) is 2.22. The zero-order valence-corrected chi connectivity index (χ0v) is 8.70. The van der Waals surface area contributed by atoms with Gasteiger partial charge < -0.3 is 5.73 Å². The summed E-state index contributed by atoms with van der Waals surface area (Å²) in [5.74, 6) is 1.06. The highest BCUT2D eigenvalue weighted by Crippen LogP contribution is 2.12. The Labute approximate surface area is 79.9 Å². The molecule has 0 aliphatic rings. The summed E-state index contributed by atoms with van der Waals surface area (Å²) < 4.78 is 1.98. The van der Waals surface area contributed by atoms with Gasteiger partial charge in [0.25, 0.3) is 0 Å². The van der Waals surface area contributed by atoms with Crippen LogP contribution < -0.4 is 5.73 Å². The molecule has 3 nitrogen and oxygen atoms in total. The Hall–Kier alpha value is -0.830. The first kappa shape index (κ1) is 10.3. The first-order valence-electron chi connectivity index (χ1n) is 4.86. The fraction of sp³-hybridized carbons (Fsp3) is 0.700. The lowest BCUT2D eigenvalue weighted by Gasteiger charge is -2.07. The van der Waals surface area contributed by atoms with Crippen molar-refractivity contribution in [2.24, 2.45) is 11.7 Å². The number of nitrogens with zero attached hydrogens (tertiary/aromatic N) is 2. The van der Waals surface area contributed by atoms with Gasteiger partial charge in [-0.05, 0) is 23.9 Å². The fourth-order valence-electron chi connectivity index (χ4n) is 1.17. The Balaban J connectivity index is 2.58. The SMILES string of the molecule is CC(CN)Cn1cc(C(C)C)cn1. The van der Waals surface area contributed by atoms with E-state index in [1.807, 2.05) is 10.9 Å². The summed E-state index contributed by atoms with van der Waals surface area (Å²) in [6.45, 7) is 8.12. The molecule has 3 heteroatoms. The number of rotatable bonds is 4. The smallest absolute Gasteiger partial charge is 0.0524 e. The Morgan fingerprint density at radius 1 is 1.46 bits per heavy atom. The van der Waals surface area contributed by atoms with E-state index in [0.29, 0.717) is 11.8 Å². The van der Waals surface area contributed by atoms with Gasteiger partial charge in [-0.1, -0.05) is 20.8 Å². The van der Waals surface area contributed by atoms with Gasteiger partial charge in [-0.15, -0.1) is 0 Å². The van der Waals surface area contributed by atoms with Crippen LogP contribution in [0.5, 0.6) is 0 Å². The molecule has 1 atom stereocenters. The van der Waals surface area contributed by atoms with E-state index in [9.17, 15) is 0 Å². The molecule has 13 heavy (non-hydrogen) atoms. The highest BCUT2D eigenvalue weighted by atomic mass is 15.3. The molecule has 1 rings (SSSR count). The van der Waals surface area contributed by atoms with Gasteiger partial charge in [0.1, 0.15) is 0 Å². The zero-order chi connectivity index (χ0) is 9.84. The Kier molecular flexibility index (Phi) is 3.48. The molecule has 0 spiro atoms. The molecule has 0 aliphatic heterocycles. The van der Waals surface area contributed by atoms with E-state index in [2.05, 4.69) is 32.1 Å². The molecule has 0 bridgehead atoms. The largest absolute Gasteiger partial charge is 0.330 e. The zero-order valence-electron chi connectivity index (χ0n) is 8.70. The van der Waals surface area contributed by atoms with Crippen LogP contribution in [0.2, 0.25) is 0 Å². The van der Waals surface area contributed by atoms with E-state index in [-0.39, 0.29) is 0 Å². The van der Waals surface area contributed by atoms with Gasteiger partial charge in [-0.3, -0.25) is 4.68 Å². The van der Waals surface area contributed by atoms with Gasteiger partial charge in [0.2, 0.25) is 0 Å². The van der Waals surface area contributed by atoms with Crippen LogP contribution in [0.25, 0.3) is 0 Å². The summed E-state index contributed by atoms with van der Waals surface area (Å²) >= 11 is 0. The van der Waals surface area contributed by atoms with Crippen LogP contribution in [0.1, 0.15) is 32.3 Å². The molecule has 0 fully saturated rings. The van der Waals surface area contributed by atoms with Crippen molar-refractivity contribution in [1.29, 1.82) is 0 Å². The maximum atomic E-state index is 5.55. The standard InChI is InChI=1S/C10H19N3/c1-8(2)10-5-12-13(7-10)6-9(3)4-11/h5,7-9H,4,6,11H2,1-3H3. The van der Waals surface area contributed by atoms with Crippen molar-refractivity contribution in [3.05, 3.63) is 18.0 Å². The van der Waals surface area contributed by atoms with E-state index >= 15 is 0 Å². The predicted molar refractivity (Wildman–Crippen MR) is 54.5 cm³/mol. The van der Waals surface area contributed by atoms with Gasteiger partial charge >= 0.3 is 0 Å². The van der Waals surface area contributed by atoms with Crippen molar-refractivity contribution in [3.8, 4) is 0 Å². The average Bonchev–Trinajstić information content (AvgIpc) is 2.52. The van der Waals surface area contributed by atoms with Crippen LogP contribution in [0.4, 0.5) is 0 Å². The lowest BCUT2D eigenvalue weighted by molar-refractivity contribution is 0.458. The van der Waals surface area contributed by atoms with Crippen molar-refractivity contribution >= 4 is 0 Å². The number of aromatic nitrogens is 2. The highest BCUT2D eigenvalue weighted by molar-refractivity contribution is 5.08. The summed E-state index contributed by atoms with van der Waals surface area (Å²) in [6.07, 6.45) is 4.05. The Morgan fingerprint density at radius 3 is 2.62 bits per heavy atom. The summed E-state index contributed by atoms with van der Waals surface area (Å²) in [6, 6.07) is 0. The van der Waals surface area contributed by atoms with Gasteiger partial charge in [0.15, 0.2) is 0 Å². The molecule has 0 saturated carbocycles. The summed E-state index contributed by atoms with van der Waals surface area (Å²) in [4.78, 5) is 0. The quantitative estimate of drug-likeness (QED) is 0.766. The fourth-order valence-corrected chi connectivity index (χ4v) is 1.17. The van der Waals surface area contributed by atoms with Crippen LogP contribution in [0, 0.1) is 5.92 Å². The minimum Gasteiger partial charge on any atom is -0.330 e. The summed E-state index contributed by atoms with van der Waals surface area (Å²) in [7, 11) is 0. The van der Waals surface area contributed by atoms with Crippen LogP contribution in [-0.2, 0) is 6.54 Å². The molecule has 0 amide bonds. The van der Waals surface area contributed by atoms with E-state index in [0.717, 1.165) is 13.1 Å². The predicted octanol–water partition coefficient (Wildman–Crippen LogP) is 1.60. The second kappa shape index (κ2) is 4.42. The maximum absolute atomic E-state index is 5.55. The first-order valence-corrected chi connectivity index (χ1v) is 4.86. The first-order chi connectivity index (χ1) is 6.13. The third-order valence-corrected chi connectivity index (χ3v) is 2.22. The molecular formula is C10H19N3. The van der Waals surface area contributed by atoms with Crippen molar-refractivity contribution < 1.29 is 0 Å². The molecular weight excluding hydrogens is 162 g/mol. The molecule has 1 unspecified atom stereocenters. The van der Waals surface area contributed by atoms with E-state index < -0.39 is 0 Å². The Morgan fingerprint density at radius 2 is 2.15 bits per heavy atom. The normalized spacial score (nSPS) is 13.6. The third kappa shape index (κ3) is 2.84. The number of hydrogen-bond acceptors (Lipinski definition) is 2. The minimum absolute atomic E-state index is 0.500. The van der Waals surface area contributed by atoms with E-state index in [1.54, 1.807) is 0 Å². The second-order valence-corrected chi connectivity index (χ2v) is 3.99. The van der Waals surface area contributed by atoms with Gasteiger partial charge in [0, 0.05) is 12.7 Å². The summed E-state index contributed by atoms with van der Waals surface area (Å²) in [5, 5.41) is 4.29. The lowest BCUT2D eigenvalue weighted by Crippen LogP contribution is -2.17. The number of nitrogens with two attached hydrogens (primary N) is 1. The van der Waals surface area contributed by atoms with Gasteiger partial charge in [-0.2, -0.15) is 5.10 Å². The number of hydrogen-bond donors (Lipinski definition) is 1. The van der Waals surface area contributed by atoms with Crippen LogP contribution in [-0.4, -0.2) is 16.3 Å². The van der Waals surface area contributed by atoms with Crippen molar-refractivity contribution in [3.63, 3.8) is 0 Å². The molecule has 2 N–H and O–H groups in total. The molecule has 0 aliphatic carbocycles. The molecule has 0 aromatic carbocycles. The van der Waals surface area contributed by atoms with E-state index in [1.165, 1.54) is 5.56 Å². The highest BCUT2D eigenvalue weighted by Gasteiger charge is 2.04. The molecule has 0 radical (unpaired) electrons. The molecule has 0 saturated heterocycles. The molecule has 1 aromatic heterocycles. The van der Waals surface area contributed by atoms with E-state index in [4.69, 9.17) is 5.73 Å². The van der Waals surface area contributed by atoms with Gasteiger partial charge in [0.05, 0.1) is 6.20 Å². The van der Waals surface area contributed by atoms with Crippen LogP contribution >= 0.6 is 0 Å².